The number of carbonyl (C=O) groups is 1. The van der Waals surface area contributed by atoms with E-state index in [0.29, 0.717) is 0 Å². The Kier molecular flexibility index (Phi) is 4.39. The van der Waals surface area contributed by atoms with E-state index in [4.69, 9.17) is 0 Å². The van der Waals surface area contributed by atoms with Crippen molar-refractivity contribution in [2.75, 3.05) is 12.3 Å². The Morgan fingerprint density at radius 3 is 2.74 bits per heavy atom. The number of thioether (sulfide) groups is 1. The maximum absolute atomic E-state index is 11.9. The van der Waals surface area contributed by atoms with Gasteiger partial charge in [-0.3, -0.25) is 4.79 Å². The van der Waals surface area contributed by atoms with Crippen molar-refractivity contribution in [2.45, 2.75) is 30.3 Å². The lowest BCUT2D eigenvalue weighted by atomic mass is 10.1. The molecule has 0 aromatic heterocycles. The number of rotatable bonds is 4. The average Bonchev–Trinajstić information content (AvgIpc) is 2.80. The van der Waals surface area contributed by atoms with Crippen LogP contribution in [-0.2, 0) is 17.6 Å². The molecule has 0 heterocycles. The maximum Gasteiger partial charge on any atom is 0.405 e. The minimum absolute atomic E-state index is 0.00880. The van der Waals surface area contributed by atoms with E-state index in [9.17, 15) is 18.0 Å². The summed E-state index contributed by atoms with van der Waals surface area (Å²) in [5, 5.41) is 1.86. The van der Waals surface area contributed by atoms with E-state index in [-0.39, 0.29) is 5.75 Å². The maximum atomic E-state index is 11.9. The summed E-state index contributed by atoms with van der Waals surface area (Å²) in [7, 11) is 0. The molecule has 0 bridgehead atoms. The Hall–Kier alpha value is -1.17. The molecule has 1 aliphatic carbocycles. The number of benzene rings is 1. The predicted molar refractivity (Wildman–Crippen MR) is 68.3 cm³/mol. The smallest absolute Gasteiger partial charge is 0.346 e. The quantitative estimate of drug-likeness (QED) is 0.864. The van der Waals surface area contributed by atoms with Crippen LogP contribution in [0.2, 0.25) is 0 Å². The lowest BCUT2D eigenvalue weighted by Gasteiger charge is -2.08. The molecule has 0 saturated heterocycles. The van der Waals surface area contributed by atoms with Crippen LogP contribution in [0, 0.1) is 0 Å². The van der Waals surface area contributed by atoms with Crippen molar-refractivity contribution in [1.29, 1.82) is 0 Å². The standard InChI is InChI=1S/C13H14F3NOS/c14-13(15,16)8-17-12(18)7-19-11-5-4-9-2-1-3-10(9)6-11/h4-6H,1-3,7-8H2,(H,17,18). The first kappa shape index (κ1) is 14.2. The fraction of sp³-hybridized carbons (Fsp3) is 0.462. The highest BCUT2D eigenvalue weighted by Crippen LogP contribution is 2.27. The number of carbonyl (C=O) groups excluding carboxylic acids is 1. The summed E-state index contributed by atoms with van der Waals surface area (Å²) in [6.45, 7) is -1.27. The summed E-state index contributed by atoms with van der Waals surface area (Å²) in [5.41, 5.74) is 2.63. The molecule has 104 valence electrons. The Labute approximate surface area is 113 Å². The molecule has 1 aliphatic rings. The second-order valence-electron chi connectivity index (χ2n) is 4.46. The lowest BCUT2D eigenvalue weighted by molar-refractivity contribution is -0.136. The summed E-state index contributed by atoms with van der Waals surface area (Å²) in [6.07, 6.45) is -1.07. The van der Waals surface area contributed by atoms with Gasteiger partial charge in [0.05, 0.1) is 5.75 Å². The molecule has 6 heteroatoms. The van der Waals surface area contributed by atoms with Crippen LogP contribution in [0.3, 0.4) is 0 Å². The fourth-order valence-corrected chi connectivity index (χ4v) is 2.83. The van der Waals surface area contributed by atoms with E-state index >= 15 is 0 Å². The largest absolute Gasteiger partial charge is 0.405 e. The Balaban J connectivity index is 1.81. The van der Waals surface area contributed by atoms with Gasteiger partial charge in [0.25, 0.3) is 0 Å². The van der Waals surface area contributed by atoms with Crippen LogP contribution in [-0.4, -0.2) is 24.4 Å². The van der Waals surface area contributed by atoms with E-state index in [2.05, 4.69) is 0 Å². The van der Waals surface area contributed by atoms with Crippen molar-refractivity contribution in [3.63, 3.8) is 0 Å². The monoisotopic (exact) mass is 289 g/mol. The molecule has 19 heavy (non-hydrogen) atoms. The first-order valence-corrected chi connectivity index (χ1v) is 7.01. The number of fused-ring (bicyclic) bond motifs is 1. The van der Waals surface area contributed by atoms with Crippen molar-refractivity contribution in [2.24, 2.45) is 0 Å². The number of amides is 1. The number of hydrogen-bond donors (Lipinski definition) is 1. The molecule has 2 rings (SSSR count). The molecule has 0 radical (unpaired) electrons. The Morgan fingerprint density at radius 2 is 2.00 bits per heavy atom. The van der Waals surface area contributed by atoms with Crippen molar-refractivity contribution in [1.82, 2.24) is 5.32 Å². The number of halogens is 3. The first-order chi connectivity index (χ1) is 8.94. The highest BCUT2D eigenvalue weighted by Gasteiger charge is 2.27. The molecule has 0 fully saturated rings. The van der Waals surface area contributed by atoms with Gasteiger partial charge in [0, 0.05) is 4.90 Å². The van der Waals surface area contributed by atoms with E-state index in [1.807, 2.05) is 23.5 Å². The SMILES string of the molecule is O=C(CSc1ccc2c(c1)CCC2)NCC(F)(F)F. The normalized spacial score (nSPS) is 14.3. The van der Waals surface area contributed by atoms with Gasteiger partial charge < -0.3 is 5.32 Å². The van der Waals surface area contributed by atoms with Crippen LogP contribution in [0.1, 0.15) is 17.5 Å². The van der Waals surface area contributed by atoms with Crippen LogP contribution < -0.4 is 5.32 Å². The average molecular weight is 289 g/mol. The fourth-order valence-electron chi connectivity index (χ4n) is 2.04. The van der Waals surface area contributed by atoms with Crippen molar-refractivity contribution in [3.05, 3.63) is 29.3 Å². The minimum atomic E-state index is -4.35. The molecule has 1 aromatic carbocycles. The van der Waals surface area contributed by atoms with Gasteiger partial charge in [-0.25, -0.2) is 0 Å². The van der Waals surface area contributed by atoms with Gasteiger partial charge in [-0.15, -0.1) is 11.8 Å². The molecule has 0 atom stereocenters. The number of alkyl halides is 3. The third kappa shape index (κ3) is 4.45. The van der Waals surface area contributed by atoms with E-state index < -0.39 is 18.6 Å². The molecule has 1 N–H and O–H groups in total. The van der Waals surface area contributed by atoms with Gasteiger partial charge in [0.2, 0.25) is 5.91 Å². The molecule has 0 saturated carbocycles. The second-order valence-corrected chi connectivity index (χ2v) is 5.51. The first-order valence-electron chi connectivity index (χ1n) is 6.02. The van der Waals surface area contributed by atoms with Crippen molar-refractivity contribution >= 4 is 17.7 Å². The van der Waals surface area contributed by atoms with E-state index in [1.165, 1.54) is 22.9 Å². The third-order valence-corrected chi connectivity index (χ3v) is 3.92. The number of hydrogen-bond acceptors (Lipinski definition) is 2. The summed E-state index contributed by atoms with van der Waals surface area (Å²) in [4.78, 5) is 12.2. The topological polar surface area (TPSA) is 29.1 Å². The summed E-state index contributed by atoms with van der Waals surface area (Å²) < 4.78 is 35.7. The van der Waals surface area contributed by atoms with Crippen molar-refractivity contribution in [3.8, 4) is 0 Å². The van der Waals surface area contributed by atoms with Gasteiger partial charge >= 0.3 is 6.18 Å². The van der Waals surface area contributed by atoms with E-state index in [0.717, 1.165) is 24.2 Å². The van der Waals surface area contributed by atoms with Crippen LogP contribution in [0.15, 0.2) is 23.1 Å². The molecule has 0 spiro atoms. The zero-order valence-corrected chi connectivity index (χ0v) is 11.0. The van der Waals surface area contributed by atoms with Gasteiger partial charge in [-0.05, 0) is 42.5 Å². The zero-order chi connectivity index (χ0) is 13.9. The highest BCUT2D eigenvalue weighted by atomic mass is 32.2. The molecule has 1 aromatic rings. The van der Waals surface area contributed by atoms with Crippen LogP contribution in [0.5, 0.6) is 0 Å². The molecule has 1 amide bonds. The minimum Gasteiger partial charge on any atom is -0.346 e. The van der Waals surface area contributed by atoms with Crippen molar-refractivity contribution < 1.29 is 18.0 Å². The summed E-state index contributed by atoms with van der Waals surface area (Å²) in [5.74, 6) is -0.586. The lowest BCUT2D eigenvalue weighted by Crippen LogP contribution is -2.34. The molecule has 2 nitrogen and oxygen atoms in total. The van der Waals surface area contributed by atoms with Gasteiger partial charge in [-0.1, -0.05) is 6.07 Å². The molecule has 0 unspecified atom stereocenters. The summed E-state index contributed by atoms with van der Waals surface area (Å²) in [6, 6.07) is 5.99. The molecular formula is C13H14F3NOS. The van der Waals surface area contributed by atoms with Crippen LogP contribution in [0.4, 0.5) is 13.2 Å². The van der Waals surface area contributed by atoms with Gasteiger partial charge in [0.15, 0.2) is 0 Å². The number of aryl methyl sites for hydroxylation is 2. The number of nitrogens with one attached hydrogen (secondary N) is 1. The third-order valence-electron chi connectivity index (χ3n) is 2.93. The zero-order valence-electron chi connectivity index (χ0n) is 10.2. The molecular weight excluding hydrogens is 275 g/mol. The second kappa shape index (κ2) is 5.86. The van der Waals surface area contributed by atoms with Gasteiger partial charge in [0.1, 0.15) is 6.54 Å². The van der Waals surface area contributed by atoms with Crippen LogP contribution in [0.25, 0.3) is 0 Å². The van der Waals surface area contributed by atoms with Crippen LogP contribution >= 0.6 is 11.8 Å². The van der Waals surface area contributed by atoms with E-state index in [1.54, 1.807) is 0 Å². The van der Waals surface area contributed by atoms with Gasteiger partial charge in [-0.2, -0.15) is 13.2 Å². The Morgan fingerprint density at radius 1 is 1.26 bits per heavy atom. The summed E-state index contributed by atoms with van der Waals surface area (Å²) >= 11 is 1.27. The highest BCUT2D eigenvalue weighted by molar-refractivity contribution is 8.00. The Bertz CT molecular complexity index is 473. The molecule has 0 aliphatic heterocycles. The predicted octanol–water partition coefficient (Wildman–Crippen LogP) is 2.95.